The molecule has 0 aromatic heterocycles. The first-order chi connectivity index (χ1) is 8.03. The molecule has 17 heavy (non-hydrogen) atoms. The van der Waals surface area contributed by atoms with Crippen LogP contribution in [0.25, 0.3) is 0 Å². The fraction of sp³-hybridized carbons (Fsp3) is 1.00. The van der Waals surface area contributed by atoms with Gasteiger partial charge in [-0.15, -0.1) is 0 Å². The molecule has 3 atom stereocenters. The molecule has 1 rings (SSSR count). The van der Waals surface area contributed by atoms with Gasteiger partial charge in [0.1, 0.15) is 0 Å². The Kier molecular flexibility index (Phi) is 5.86. The van der Waals surface area contributed by atoms with E-state index >= 15 is 0 Å². The van der Waals surface area contributed by atoms with Gasteiger partial charge in [-0.05, 0) is 32.1 Å². The lowest BCUT2D eigenvalue weighted by atomic mass is 9.95. The normalized spacial score (nSPS) is 28.6. The average Bonchev–Trinajstić information content (AvgIpc) is 2.71. The Labute approximate surface area is 105 Å². The summed E-state index contributed by atoms with van der Waals surface area (Å²) in [6.45, 7) is 5.07. The van der Waals surface area contributed by atoms with E-state index in [4.69, 9.17) is 15.2 Å². The maximum Gasteiger partial charge on any atom is 0.158 e. The number of hydrogen-bond donors (Lipinski definition) is 2. The molecule has 4 heteroatoms. The first-order valence-corrected chi connectivity index (χ1v) is 6.56. The molecule has 4 nitrogen and oxygen atoms in total. The van der Waals surface area contributed by atoms with E-state index in [9.17, 15) is 0 Å². The third kappa shape index (κ3) is 4.54. The fourth-order valence-corrected chi connectivity index (χ4v) is 2.66. The maximum atomic E-state index is 5.90. The van der Waals surface area contributed by atoms with Gasteiger partial charge < -0.3 is 20.5 Å². The minimum absolute atomic E-state index is 0.106. The number of methoxy groups -OCH3 is 2. The van der Waals surface area contributed by atoms with Gasteiger partial charge in [0.25, 0.3) is 0 Å². The Hall–Kier alpha value is -0.160. The lowest BCUT2D eigenvalue weighted by Crippen LogP contribution is -2.54. The van der Waals surface area contributed by atoms with E-state index in [0.717, 1.165) is 12.3 Å². The van der Waals surface area contributed by atoms with Crippen molar-refractivity contribution in [3.63, 3.8) is 0 Å². The van der Waals surface area contributed by atoms with Gasteiger partial charge in [-0.3, -0.25) is 0 Å². The van der Waals surface area contributed by atoms with Crippen LogP contribution in [0.1, 0.15) is 39.5 Å². The topological polar surface area (TPSA) is 56.5 Å². The molecular weight excluding hydrogens is 216 g/mol. The summed E-state index contributed by atoms with van der Waals surface area (Å²) in [4.78, 5) is 0. The lowest BCUT2D eigenvalue weighted by molar-refractivity contribution is -0.118. The van der Waals surface area contributed by atoms with Crippen LogP contribution in [0, 0.1) is 5.92 Å². The molecule has 1 saturated carbocycles. The predicted octanol–water partition coefficient (Wildman–Crippen LogP) is 1.49. The molecule has 0 heterocycles. The Morgan fingerprint density at radius 3 is 2.41 bits per heavy atom. The summed E-state index contributed by atoms with van der Waals surface area (Å²) >= 11 is 0. The Morgan fingerprint density at radius 1 is 1.35 bits per heavy atom. The van der Waals surface area contributed by atoms with Crippen molar-refractivity contribution in [3.8, 4) is 0 Å². The number of nitrogens with two attached hydrogens (primary N) is 1. The molecule has 0 amide bonds. The largest absolute Gasteiger partial charge is 0.356 e. The monoisotopic (exact) mass is 244 g/mol. The second-order valence-electron chi connectivity index (χ2n) is 5.63. The van der Waals surface area contributed by atoms with Gasteiger partial charge in [-0.1, -0.05) is 6.92 Å². The van der Waals surface area contributed by atoms with Crippen LogP contribution in [0.3, 0.4) is 0 Å². The van der Waals surface area contributed by atoms with Crippen LogP contribution >= 0.6 is 0 Å². The lowest BCUT2D eigenvalue weighted by Gasteiger charge is -2.35. The van der Waals surface area contributed by atoms with Crippen molar-refractivity contribution in [1.82, 2.24) is 5.32 Å². The zero-order valence-electron chi connectivity index (χ0n) is 11.7. The summed E-state index contributed by atoms with van der Waals surface area (Å²) in [6.07, 6.45) is 4.41. The van der Waals surface area contributed by atoms with Crippen LogP contribution in [0.2, 0.25) is 0 Å². The molecule has 0 aromatic rings. The highest BCUT2D eigenvalue weighted by molar-refractivity contribution is 4.91. The minimum Gasteiger partial charge on any atom is -0.356 e. The molecule has 0 radical (unpaired) electrons. The quantitative estimate of drug-likeness (QED) is 0.666. The van der Waals surface area contributed by atoms with Crippen LogP contribution in [0.15, 0.2) is 0 Å². The van der Waals surface area contributed by atoms with Crippen molar-refractivity contribution < 1.29 is 9.47 Å². The number of ether oxygens (including phenoxy) is 2. The Balaban J connectivity index is 2.49. The Bertz CT molecular complexity index is 221. The summed E-state index contributed by atoms with van der Waals surface area (Å²) in [7, 11) is 3.34. The van der Waals surface area contributed by atoms with Crippen LogP contribution < -0.4 is 11.1 Å². The van der Waals surface area contributed by atoms with E-state index in [1.807, 2.05) is 0 Å². The average molecular weight is 244 g/mol. The molecule has 0 saturated heterocycles. The van der Waals surface area contributed by atoms with Crippen LogP contribution in [-0.4, -0.2) is 38.6 Å². The van der Waals surface area contributed by atoms with E-state index in [-0.39, 0.29) is 11.8 Å². The van der Waals surface area contributed by atoms with Gasteiger partial charge in [-0.2, -0.15) is 0 Å². The number of hydrogen-bond acceptors (Lipinski definition) is 4. The molecule has 102 valence electrons. The van der Waals surface area contributed by atoms with Gasteiger partial charge in [0, 0.05) is 38.8 Å². The molecule has 3 N–H and O–H groups in total. The van der Waals surface area contributed by atoms with Gasteiger partial charge in [-0.25, -0.2) is 0 Å². The zero-order chi connectivity index (χ0) is 12.9. The summed E-state index contributed by atoms with van der Waals surface area (Å²) in [5.41, 5.74) is 5.80. The predicted molar refractivity (Wildman–Crippen MR) is 69.8 cm³/mol. The highest BCUT2D eigenvalue weighted by atomic mass is 16.7. The molecule has 0 bridgehead atoms. The second kappa shape index (κ2) is 6.69. The molecule has 3 unspecified atom stereocenters. The zero-order valence-corrected chi connectivity index (χ0v) is 11.7. The van der Waals surface area contributed by atoms with Gasteiger partial charge in [0.2, 0.25) is 0 Å². The Morgan fingerprint density at radius 2 is 2.00 bits per heavy atom. The molecule has 1 fully saturated rings. The highest BCUT2D eigenvalue weighted by Gasteiger charge is 2.32. The molecular formula is C13H28N2O2. The van der Waals surface area contributed by atoms with Crippen molar-refractivity contribution in [2.75, 3.05) is 20.8 Å². The van der Waals surface area contributed by atoms with E-state index in [1.165, 1.54) is 19.3 Å². The molecule has 0 spiro atoms. The first-order valence-electron chi connectivity index (χ1n) is 6.56. The standard InChI is InChI=1S/C13H28N2O2/c1-10-5-6-11(7-10)15-13(2,9-14)8-12(16-3)17-4/h10-12,15H,5-9,14H2,1-4H3. The van der Waals surface area contributed by atoms with Crippen LogP contribution in [-0.2, 0) is 9.47 Å². The fourth-order valence-electron chi connectivity index (χ4n) is 2.66. The van der Waals surface area contributed by atoms with Crippen molar-refractivity contribution in [2.45, 2.75) is 57.4 Å². The van der Waals surface area contributed by atoms with Crippen molar-refractivity contribution in [2.24, 2.45) is 11.7 Å². The molecule has 0 aliphatic heterocycles. The van der Waals surface area contributed by atoms with Crippen LogP contribution in [0.5, 0.6) is 0 Å². The highest BCUT2D eigenvalue weighted by Crippen LogP contribution is 2.27. The first kappa shape index (κ1) is 14.9. The van der Waals surface area contributed by atoms with E-state index in [0.29, 0.717) is 12.6 Å². The third-order valence-corrected chi connectivity index (χ3v) is 3.84. The summed E-state index contributed by atoms with van der Waals surface area (Å²) in [5, 5.41) is 3.69. The molecule has 0 aromatic carbocycles. The third-order valence-electron chi connectivity index (χ3n) is 3.84. The maximum absolute atomic E-state index is 5.90. The van der Waals surface area contributed by atoms with Crippen molar-refractivity contribution in [3.05, 3.63) is 0 Å². The summed E-state index contributed by atoms with van der Waals surface area (Å²) in [5.74, 6) is 0.829. The van der Waals surface area contributed by atoms with Crippen LogP contribution in [0.4, 0.5) is 0 Å². The van der Waals surface area contributed by atoms with E-state index < -0.39 is 0 Å². The molecule has 1 aliphatic rings. The number of nitrogens with one attached hydrogen (secondary N) is 1. The van der Waals surface area contributed by atoms with Gasteiger partial charge in [0.05, 0.1) is 0 Å². The van der Waals surface area contributed by atoms with Crippen molar-refractivity contribution in [1.29, 1.82) is 0 Å². The SMILES string of the molecule is COC(CC(C)(CN)NC1CCC(C)C1)OC. The summed E-state index contributed by atoms with van der Waals surface area (Å²) < 4.78 is 10.5. The summed E-state index contributed by atoms with van der Waals surface area (Å²) in [6, 6.07) is 0.591. The smallest absolute Gasteiger partial charge is 0.158 e. The van der Waals surface area contributed by atoms with Gasteiger partial charge >= 0.3 is 0 Å². The minimum atomic E-state index is -0.185. The van der Waals surface area contributed by atoms with E-state index in [2.05, 4.69) is 19.2 Å². The van der Waals surface area contributed by atoms with Crippen molar-refractivity contribution >= 4 is 0 Å². The number of rotatable bonds is 7. The van der Waals surface area contributed by atoms with Gasteiger partial charge in [0.15, 0.2) is 6.29 Å². The van der Waals surface area contributed by atoms with E-state index in [1.54, 1.807) is 14.2 Å². The second-order valence-corrected chi connectivity index (χ2v) is 5.63. The molecule has 1 aliphatic carbocycles.